The molecule has 1 aromatic heterocycles. The largest absolute Gasteiger partial charge is 0.493 e. The van der Waals surface area contributed by atoms with E-state index in [1.54, 1.807) is 12.2 Å². The zero-order chi connectivity index (χ0) is 40.2. The molecule has 0 N–H and O–H groups in total. The molecule has 0 fully saturated rings. The van der Waals surface area contributed by atoms with Gasteiger partial charge in [-0.3, -0.25) is 4.79 Å². The molecule has 0 aliphatic heterocycles. The second-order valence-corrected chi connectivity index (χ2v) is 13.5. The standard InChI is InChI=1S/C51H48O7/c1-39(28-29-49(56-37-44-24-14-6-15-25-44)40(2)54-35-42-20-10-4-11-21-42)50-51(57-38-45-26-16-7-17-27-45)48(52)33-47(58-50)32-46(55-36-43-22-12-5-13-23-43)30-31-53-34-41-18-8-3-9-19-41/h3-30,33H,1,31-32,34-38H2,2H3/b29-28-,46-30?,49-40?. The number of hydrogen-bond acceptors (Lipinski definition) is 7. The lowest BCUT2D eigenvalue weighted by Gasteiger charge is -2.15. The quantitative estimate of drug-likeness (QED) is 0.0409. The van der Waals surface area contributed by atoms with Crippen molar-refractivity contribution in [3.63, 3.8) is 0 Å². The molecular formula is C51H48O7. The van der Waals surface area contributed by atoms with Gasteiger partial charge in [0.1, 0.15) is 43.7 Å². The van der Waals surface area contributed by atoms with E-state index >= 15 is 0 Å². The fourth-order valence-corrected chi connectivity index (χ4v) is 5.79. The topological polar surface area (TPSA) is 76.4 Å². The van der Waals surface area contributed by atoms with Gasteiger partial charge in [-0.25, -0.2) is 0 Å². The molecule has 0 bridgehead atoms. The minimum absolute atomic E-state index is 0.0527. The van der Waals surface area contributed by atoms with Crippen LogP contribution in [0.5, 0.6) is 5.75 Å². The van der Waals surface area contributed by atoms with Crippen molar-refractivity contribution in [2.45, 2.75) is 46.4 Å². The smallest absolute Gasteiger partial charge is 0.227 e. The first-order valence-electron chi connectivity index (χ1n) is 19.2. The van der Waals surface area contributed by atoms with Crippen molar-refractivity contribution in [3.8, 4) is 5.75 Å². The van der Waals surface area contributed by atoms with Crippen molar-refractivity contribution in [1.82, 2.24) is 0 Å². The molecule has 6 aromatic rings. The summed E-state index contributed by atoms with van der Waals surface area (Å²) >= 11 is 0. The predicted molar refractivity (Wildman–Crippen MR) is 228 cm³/mol. The van der Waals surface area contributed by atoms with Crippen molar-refractivity contribution < 1.29 is 28.1 Å². The highest BCUT2D eigenvalue weighted by Gasteiger charge is 2.18. The molecule has 0 atom stereocenters. The number of allylic oxidation sites excluding steroid dienone is 5. The lowest BCUT2D eigenvalue weighted by atomic mass is 10.1. The van der Waals surface area contributed by atoms with Gasteiger partial charge in [-0.2, -0.15) is 0 Å². The summed E-state index contributed by atoms with van der Waals surface area (Å²) in [7, 11) is 0. The van der Waals surface area contributed by atoms with E-state index in [-0.39, 0.29) is 30.0 Å². The van der Waals surface area contributed by atoms with Crippen LogP contribution >= 0.6 is 0 Å². The summed E-state index contributed by atoms with van der Waals surface area (Å²) in [5, 5.41) is 0. The Labute approximate surface area is 340 Å². The van der Waals surface area contributed by atoms with Gasteiger partial charge in [0.15, 0.2) is 11.5 Å². The van der Waals surface area contributed by atoms with E-state index in [0.717, 1.165) is 27.8 Å². The molecule has 0 saturated heterocycles. The summed E-state index contributed by atoms with van der Waals surface area (Å²) in [6.07, 6.45) is 5.59. The molecule has 5 aromatic carbocycles. The van der Waals surface area contributed by atoms with Crippen LogP contribution in [-0.4, -0.2) is 6.61 Å². The molecule has 7 heteroatoms. The Morgan fingerprint density at radius 2 is 1.05 bits per heavy atom. The summed E-state index contributed by atoms with van der Waals surface area (Å²) < 4.78 is 37.4. The maximum Gasteiger partial charge on any atom is 0.227 e. The zero-order valence-corrected chi connectivity index (χ0v) is 32.8. The lowest BCUT2D eigenvalue weighted by molar-refractivity contribution is 0.138. The summed E-state index contributed by atoms with van der Waals surface area (Å²) in [5.41, 5.74) is 5.06. The van der Waals surface area contributed by atoms with Crippen LogP contribution in [0, 0.1) is 0 Å². The van der Waals surface area contributed by atoms with Gasteiger partial charge >= 0.3 is 0 Å². The molecule has 58 heavy (non-hydrogen) atoms. The van der Waals surface area contributed by atoms with E-state index in [1.165, 1.54) is 6.07 Å². The molecule has 0 aliphatic rings. The molecule has 0 spiro atoms. The molecule has 0 aliphatic carbocycles. The van der Waals surface area contributed by atoms with Gasteiger partial charge in [0, 0.05) is 11.6 Å². The number of ether oxygens (including phenoxy) is 5. The van der Waals surface area contributed by atoms with Gasteiger partial charge in [-0.1, -0.05) is 158 Å². The van der Waals surface area contributed by atoms with Crippen LogP contribution in [0.1, 0.15) is 46.3 Å². The van der Waals surface area contributed by atoms with Gasteiger partial charge in [0.05, 0.1) is 19.6 Å². The molecule has 0 radical (unpaired) electrons. The van der Waals surface area contributed by atoms with Gasteiger partial charge in [-0.15, -0.1) is 0 Å². The normalized spacial score (nSPS) is 11.8. The number of benzene rings is 5. The maximum absolute atomic E-state index is 13.9. The zero-order valence-electron chi connectivity index (χ0n) is 32.8. The summed E-state index contributed by atoms with van der Waals surface area (Å²) in [6, 6.07) is 50.8. The van der Waals surface area contributed by atoms with E-state index in [0.29, 0.717) is 61.6 Å². The fourth-order valence-electron chi connectivity index (χ4n) is 5.79. The van der Waals surface area contributed by atoms with Gasteiger partial charge < -0.3 is 28.1 Å². The summed E-state index contributed by atoms with van der Waals surface area (Å²) in [4.78, 5) is 13.9. The fraction of sp³-hybridized carbons (Fsp3) is 0.157. The Morgan fingerprint density at radius 1 is 0.586 bits per heavy atom. The van der Waals surface area contributed by atoms with Crippen molar-refractivity contribution in [2.24, 2.45) is 0 Å². The average molecular weight is 773 g/mol. The third kappa shape index (κ3) is 13.1. The first-order valence-corrected chi connectivity index (χ1v) is 19.2. The third-order valence-corrected chi connectivity index (χ3v) is 8.95. The Hall–Kier alpha value is -6.83. The van der Waals surface area contributed by atoms with Crippen LogP contribution < -0.4 is 10.2 Å². The first-order chi connectivity index (χ1) is 28.5. The minimum Gasteiger partial charge on any atom is -0.493 e. The number of hydrogen-bond donors (Lipinski definition) is 0. The highest BCUT2D eigenvalue weighted by molar-refractivity contribution is 5.72. The van der Waals surface area contributed by atoms with Crippen molar-refractivity contribution in [3.05, 3.63) is 249 Å². The lowest BCUT2D eigenvalue weighted by Crippen LogP contribution is -2.12. The van der Waals surface area contributed by atoms with Gasteiger partial charge in [-0.05, 0) is 53.0 Å². The molecule has 0 amide bonds. The van der Waals surface area contributed by atoms with E-state index in [4.69, 9.17) is 28.1 Å². The SMILES string of the molecule is C=C(/C=C\C(OCc1ccccc1)=C(C)OCc1ccccc1)c1oc(CC(=CCOCc2ccccc2)OCc2ccccc2)cc(=O)c1OCc1ccccc1. The molecule has 7 nitrogen and oxygen atoms in total. The van der Waals surface area contributed by atoms with Gasteiger partial charge in [0.25, 0.3) is 0 Å². The molecular weight excluding hydrogens is 725 g/mol. The molecule has 0 saturated carbocycles. The molecule has 1 heterocycles. The Bertz CT molecular complexity index is 2310. The summed E-state index contributed by atoms with van der Waals surface area (Å²) in [6.45, 7) is 8.12. The van der Waals surface area contributed by atoms with E-state index in [1.807, 2.05) is 165 Å². The highest BCUT2D eigenvalue weighted by atomic mass is 16.5. The Balaban J connectivity index is 1.28. The third-order valence-electron chi connectivity index (χ3n) is 8.95. The van der Waals surface area contributed by atoms with E-state index < -0.39 is 0 Å². The minimum atomic E-state index is -0.345. The second-order valence-electron chi connectivity index (χ2n) is 13.5. The highest BCUT2D eigenvalue weighted by Crippen LogP contribution is 2.28. The van der Waals surface area contributed by atoms with Crippen LogP contribution in [0.4, 0.5) is 0 Å². The van der Waals surface area contributed by atoms with Crippen molar-refractivity contribution in [1.29, 1.82) is 0 Å². The Morgan fingerprint density at radius 3 is 1.59 bits per heavy atom. The maximum atomic E-state index is 13.9. The average Bonchev–Trinajstić information content (AvgIpc) is 3.27. The first kappa shape index (κ1) is 40.8. The molecule has 0 unspecified atom stereocenters. The monoisotopic (exact) mass is 772 g/mol. The van der Waals surface area contributed by atoms with Crippen molar-refractivity contribution in [2.75, 3.05) is 6.61 Å². The van der Waals surface area contributed by atoms with Crippen LogP contribution in [-0.2, 0) is 58.4 Å². The van der Waals surface area contributed by atoms with E-state index in [9.17, 15) is 4.79 Å². The van der Waals surface area contributed by atoms with Crippen LogP contribution in [0.3, 0.4) is 0 Å². The second kappa shape index (κ2) is 22.0. The van der Waals surface area contributed by atoms with Crippen LogP contribution in [0.25, 0.3) is 5.57 Å². The molecule has 294 valence electrons. The van der Waals surface area contributed by atoms with Crippen LogP contribution in [0.2, 0.25) is 0 Å². The van der Waals surface area contributed by atoms with Crippen LogP contribution in [0.15, 0.2) is 209 Å². The Kier molecular flexibility index (Phi) is 15.5. The van der Waals surface area contributed by atoms with Crippen molar-refractivity contribution >= 4 is 5.57 Å². The predicted octanol–water partition coefficient (Wildman–Crippen LogP) is 11.3. The summed E-state index contributed by atoms with van der Waals surface area (Å²) in [5.74, 6) is 2.30. The molecule has 6 rings (SSSR count). The van der Waals surface area contributed by atoms with Gasteiger partial charge in [0.2, 0.25) is 11.2 Å². The number of rotatable bonds is 21. The van der Waals surface area contributed by atoms with E-state index in [2.05, 4.69) is 6.58 Å².